The van der Waals surface area contributed by atoms with Crippen LogP contribution in [0, 0.1) is 6.92 Å². The van der Waals surface area contributed by atoms with E-state index in [-0.39, 0.29) is 4.83 Å². The minimum absolute atomic E-state index is 0.270. The Labute approximate surface area is 212 Å². The maximum Gasteiger partial charge on any atom is 0.433 e. The third-order valence-corrected chi connectivity index (χ3v) is 7.00. The molecule has 0 fully saturated rings. The Kier molecular flexibility index (Phi) is 5.45. The van der Waals surface area contributed by atoms with E-state index in [1.165, 1.54) is 10.8 Å². The summed E-state index contributed by atoms with van der Waals surface area (Å²) in [6, 6.07) is 16.1. The summed E-state index contributed by atoms with van der Waals surface area (Å²) in [5.74, 6) is 1.79. The van der Waals surface area contributed by atoms with Crippen molar-refractivity contribution >= 4 is 37.4 Å². The molecule has 0 unspecified atom stereocenters. The molecule has 0 atom stereocenters. The van der Waals surface area contributed by atoms with Crippen molar-refractivity contribution < 1.29 is 22.6 Å². The lowest BCUT2D eigenvalue weighted by Gasteiger charge is -2.10. The molecule has 0 saturated heterocycles. The highest BCUT2D eigenvalue weighted by Crippen LogP contribution is 2.38. The van der Waals surface area contributed by atoms with Crippen LogP contribution >= 0.6 is 11.3 Å². The third kappa shape index (κ3) is 4.10. The first kappa shape index (κ1) is 23.2. The van der Waals surface area contributed by atoms with E-state index < -0.39 is 11.9 Å². The highest BCUT2D eigenvalue weighted by Gasteiger charge is 2.33. The summed E-state index contributed by atoms with van der Waals surface area (Å²) in [4.78, 5) is 13.3. The van der Waals surface area contributed by atoms with Crippen LogP contribution < -0.4 is 9.47 Å². The largest absolute Gasteiger partial charge is 0.493 e. The van der Waals surface area contributed by atoms with Crippen molar-refractivity contribution in [3.05, 3.63) is 77.7 Å². The van der Waals surface area contributed by atoms with Gasteiger partial charge < -0.3 is 9.47 Å². The van der Waals surface area contributed by atoms with E-state index in [0.29, 0.717) is 50.7 Å². The number of aromatic nitrogens is 5. The normalized spacial score (nSPS) is 12.0. The highest BCUT2D eigenvalue weighted by molar-refractivity contribution is 7.26. The molecule has 6 rings (SSSR count). The second-order valence-corrected chi connectivity index (χ2v) is 9.37. The number of para-hydroxylation sites is 2. The number of methoxy groups -OCH3 is 1. The molecule has 0 saturated carbocycles. The number of thiophene rings is 1. The van der Waals surface area contributed by atoms with E-state index in [1.54, 1.807) is 14.0 Å². The van der Waals surface area contributed by atoms with E-state index in [1.807, 2.05) is 48.5 Å². The van der Waals surface area contributed by atoms with Crippen LogP contribution in [0.4, 0.5) is 13.2 Å². The maximum absolute atomic E-state index is 13.3. The number of pyridine rings is 1. The van der Waals surface area contributed by atoms with Crippen LogP contribution in [-0.2, 0) is 12.8 Å². The summed E-state index contributed by atoms with van der Waals surface area (Å²) in [6.45, 7) is 1.99. The van der Waals surface area contributed by atoms with Gasteiger partial charge in [-0.05, 0) is 36.2 Å². The maximum atomic E-state index is 13.3. The number of rotatable bonds is 5. The number of halogens is 3. The molecule has 0 aliphatic carbocycles. The van der Waals surface area contributed by atoms with Crippen molar-refractivity contribution in [1.29, 1.82) is 0 Å². The number of benzene rings is 2. The molecule has 0 aliphatic heterocycles. The van der Waals surface area contributed by atoms with Gasteiger partial charge in [0.05, 0.1) is 12.6 Å². The zero-order valence-corrected chi connectivity index (χ0v) is 20.4. The van der Waals surface area contributed by atoms with Crippen LogP contribution in [0.5, 0.6) is 11.5 Å². The molecule has 0 bridgehead atoms. The van der Waals surface area contributed by atoms with Crippen LogP contribution in [0.25, 0.3) is 37.5 Å². The molecule has 0 radical (unpaired) electrons. The Morgan fingerprint density at radius 1 is 1.00 bits per heavy atom. The van der Waals surface area contributed by atoms with Gasteiger partial charge in [-0.15, -0.1) is 16.4 Å². The number of hydrogen-bond donors (Lipinski definition) is 0. The van der Waals surface area contributed by atoms with Crippen molar-refractivity contribution in [3.8, 4) is 22.9 Å². The standard InChI is InChI=1S/C26H18F3N5O2S/c1-14-11-19(26(27,28)29)31-25-20(14)21-22(37-25)24-32-23(33-34(24)13-30-21)16-9-7-15(8-10-16)12-36-18-6-4-3-5-17(18)35-2/h3-11,13H,12H2,1-2H3. The van der Waals surface area contributed by atoms with E-state index >= 15 is 0 Å². The number of fused-ring (bicyclic) bond motifs is 5. The highest BCUT2D eigenvalue weighted by atomic mass is 32.1. The Morgan fingerprint density at radius 3 is 2.49 bits per heavy atom. The lowest BCUT2D eigenvalue weighted by atomic mass is 10.1. The van der Waals surface area contributed by atoms with Gasteiger partial charge in [0.2, 0.25) is 0 Å². The van der Waals surface area contributed by atoms with Gasteiger partial charge in [-0.2, -0.15) is 13.2 Å². The zero-order chi connectivity index (χ0) is 25.7. The Balaban J connectivity index is 1.33. The first-order chi connectivity index (χ1) is 17.8. The van der Waals surface area contributed by atoms with Crippen molar-refractivity contribution in [2.75, 3.05) is 7.11 Å². The van der Waals surface area contributed by atoms with Crippen molar-refractivity contribution in [2.45, 2.75) is 19.7 Å². The predicted molar refractivity (Wildman–Crippen MR) is 134 cm³/mol. The molecule has 0 aliphatic rings. The summed E-state index contributed by atoms with van der Waals surface area (Å²) < 4.78 is 53.2. The molecule has 4 heterocycles. The molecule has 0 amide bonds. The monoisotopic (exact) mass is 521 g/mol. The van der Waals surface area contributed by atoms with Crippen LogP contribution in [-0.4, -0.2) is 31.7 Å². The van der Waals surface area contributed by atoms with Gasteiger partial charge in [-0.3, -0.25) is 0 Å². The van der Waals surface area contributed by atoms with Gasteiger partial charge in [0.15, 0.2) is 23.0 Å². The number of ether oxygens (including phenoxy) is 2. The van der Waals surface area contributed by atoms with Gasteiger partial charge in [0.1, 0.15) is 28.2 Å². The molecule has 0 spiro atoms. The van der Waals surface area contributed by atoms with E-state index in [4.69, 9.17) is 9.47 Å². The summed E-state index contributed by atoms with van der Waals surface area (Å²) in [5.41, 5.74) is 2.36. The fraction of sp³-hybridized carbons (Fsp3) is 0.154. The van der Waals surface area contributed by atoms with Crippen LogP contribution in [0.15, 0.2) is 60.9 Å². The smallest absolute Gasteiger partial charge is 0.433 e. The number of alkyl halides is 3. The molecule has 37 heavy (non-hydrogen) atoms. The number of aryl methyl sites for hydroxylation is 1. The SMILES string of the molecule is COc1ccccc1OCc1ccc(-c2nc3c4sc5nc(C(F)(F)F)cc(C)c5c4ncn3n2)cc1. The van der Waals surface area contributed by atoms with Crippen LogP contribution in [0.3, 0.4) is 0 Å². The summed E-state index contributed by atoms with van der Waals surface area (Å²) >= 11 is 1.13. The number of hydrogen-bond acceptors (Lipinski definition) is 7. The van der Waals surface area contributed by atoms with Crippen molar-refractivity contribution in [2.24, 2.45) is 0 Å². The van der Waals surface area contributed by atoms with Gasteiger partial charge in [0.25, 0.3) is 0 Å². The number of nitrogens with zero attached hydrogens (tertiary/aromatic N) is 5. The molecular weight excluding hydrogens is 503 g/mol. The van der Waals surface area contributed by atoms with Gasteiger partial charge in [-0.25, -0.2) is 19.5 Å². The Morgan fingerprint density at radius 2 is 1.76 bits per heavy atom. The topological polar surface area (TPSA) is 74.4 Å². The minimum atomic E-state index is -4.52. The lowest BCUT2D eigenvalue weighted by molar-refractivity contribution is -0.141. The zero-order valence-electron chi connectivity index (χ0n) is 19.6. The molecular formula is C26H18F3N5O2S. The summed E-state index contributed by atoms with van der Waals surface area (Å²) in [7, 11) is 1.60. The molecule has 2 aromatic carbocycles. The van der Waals surface area contributed by atoms with E-state index in [2.05, 4.69) is 20.1 Å². The first-order valence-electron chi connectivity index (χ1n) is 11.2. The Bertz CT molecular complexity index is 1780. The van der Waals surface area contributed by atoms with E-state index in [9.17, 15) is 13.2 Å². The Hall–Kier alpha value is -4.25. The molecule has 11 heteroatoms. The fourth-order valence-corrected chi connectivity index (χ4v) is 5.31. The third-order valence-electron chi connectivity index (χ3n) is 5.93. The second kappa shape index (κ2) is 8.70. The van der Waals surface area contributed by atoms with Gasteiger partial charge in [0, 0.05) is 10.9 Å². The second-order valence-electron chi connectivity index (χ2n) is 8.37. The molecule has 4 aromatic heterocycles. The average Bonchev–Trinajstić information content (AvgIpc) is 3.49. The molecule has 0 N–H and O–H groups in total. The summed E-state index contributed by atoms with van der Waals surface area (Å²) in [5, 5.41) is 5.13. The predicted octanol–water partition coefficient (Wildman–Crippen LogP) is 6.47. The van der Waals surface area contributed by atoms with Gasteiger partial charge in [-0.1, -0.05) is 36.4 Å². The minimum Gasteiger partial charge on any atom is -0.493 e. The van der Waals surface area contributed by atoms with Crippen LogP contribution in [0.1, 0.15) is 16.8 Å². The quantitative estimate of drug-likeness (QED) is 0.259. The van der Waals surface area contributed by atoms with Crippen LogP contribution in [0.2, 0.25) is 0 Å². The van der Waals surface area contributed by atoms with Gasteiger partial charge >= 0.3 is 6.18 Å². The molecule has 7 nitrogen and oxygen atoms in total. The average molecular weight is 522 g/mol. The fourth-order valence-electron chi connectivity index (χ4n) is 4.13. The molecule has 6 aromatic rings. The summed E-state index contributed by atoms with van der Waals surface area (Å²) in [6.07, 6.45) is -3.00. The van der Waals surface area contributed by atoms with E-state index in [0.717, 1.165) is 28.5 Å². The lowest BCUT2D eigenvalue weighted by Crippen LogP contribution is -2.07. The van der Waals surface area contributed by atoms with Crippen molar-refractivity contribution in [3.63, 3.8) is 0 Å². The first-order valence-corrected chi connectivity index (χ1v) is 12.0. The molecule has 186 valence electrons. The van der Waals surface area contributed by atoms with Crippen molar-refractivity contribution in [1.82, 2.24) is 24.6 Å².